The van der Waals surface area contributed by atoms with E-state index in [1.54, 1.807) is 115 Å². The highest BCUT2D eigenvalue weighted by Crippen LogP contribution is 2.45. The molecule has 7 fully saturated rings. The van der Waals surface area contributed by atoms with Crippen LogP contribution in [0.25, 0.3) is 84.4 Å². The van der Waals surface area contributed by atoms with E-state index in [2.05, 4.69) is 78.4 Å². The lowest BCUT2D eigenvalue weighted by Crippen LogP contribution is -2.52. The van der Waals surface area contributed by atoms with Crippen LogP contribution in [0.4, 0.5) is 4.79 Å². The van der Waals surface area contributed by atoms with Gasteiger partial charge >= 0.3 is 6.09 Å². The van der Waals surface area contributed by atoms with Crippen LogP contribution in [-0.4, -0.2) is 249 Å². The first kappa shape index (κ1) is 95.9. The highest BCUT2D eigenvalue weighted by Gasteiger charge is 2.46. The van der Waals surface area contributed by atoms with Crippen LogP contribution in [0.2, 0.25) is 0 Å². The van der Waals surface area contributed by atoms with Crippen LogP contribution in [0, 0.1) is 0 Å². The molecule has 4 aliphatic heterocycles. The van der Waals surface area contributed by atoms with Gasteiger partial charge in [-0.05, 0) is 91.4 Å². The van der Waals surface area contributed by atoms with Crippen LogP contribution in [-0.2, 0) is 18.9 Å². The molecule has 0 bridgehead atoms. The summed E-state index contributed by atoms with van der Waals surface area (Å²) < 4.78 is 28.2. The van der Waals surface area contributed by atoms with Crippen molar-refractivity contribution in [2.75, 3.05) is 52.7 Å². The van der Waals surface area contributed by atoms with Gasteiger partial charge in [0.25, 0.3) is 34.7 Å². The minimum Gasteiger partial charge on any atom is -0.444 e. The fourth-order valence-corrected chi connectivity index (χ4v) is 20.7. The minimum atomic E-state index is -0.645. The van der Waals surface area contributed by atoms with Crippen LogP contribution in [0.1, 0.15) is 313 Å². The molecule has 0 N–H and O–H groups in total. The Morgan fingerprint density at radius 3 is 0.851 bits per heavy atom. The molecule has 28 rings (SSSR count). The number of ether oxygens (including phenoxy) is 4. The molecule has 3 saturated carbocycles. The second-order valence-corrected chi connectivity index (χ2v) is 39.2. The summed E-state index contributed by atoms with van der Waals surface area (Å²) in [6.07, 6.45) is 17.2. The number of Topliss-reactive ketones (excluding diaryl/α,β-unsaturated/α-hetero) is 13. The number of amides is 1. The van der Waals surface area contributed by atoms with Crippen molar-refractivity contribution in [1.29, 1.82) is 0 Å². The summed E-state index contributed by atoms with van der Waals surface area (Å²) in [5.74, 6) is -6.21. The minimum absolute atomic E-state index is 0.0562. The number of nitrogens with zero attached hydrogens (tertiary/aromatic N) is 22. The van der Waals surface area contributed by atoms with Crippen LogP contribution < -0.4 is 0 Å². The van der Waals surface area contributed by atoms with Gasteiger partial charge in [0.05, 0.1) is 62.2 Å². The standard InChI is InChI=1S/C18H18N4O4.3C16H15N3O2.C15H13N3O3.C14H11N3O2.C13H9N3O3/c1-18(2,3)26-17(25)21-8-10(9-21)22-19-13-11-6-4-5-7-12(11)15(23)16(24)14(13)20-22;1-10-14-15(12-4-2-3-5-13(12)16(10)20)19(18-17-14)11-6-8-21-9-7-11;2*20-15-12-9-5-4-8-11(12)13-14(16(15)21)19(18-17-13)10-6-2-1-3-7-10;19-14-11-4-2-1-3-10(11)12-13(15(14)20)17-18(16-12)9-5-7-21-8-6-9;18-13-10-7-2-1-6-9(10)11-12(14(13)19)17(16-15-11)8-4-3-5-8;17-12-9-4-2-1-3-8(9)10-11(13(12)18)15-16(14-10)7-5-19-6-7/h4-7,10H,8-9H2,1-3H3;2-5,11H,1,6-9H2;2*4-5,8-10H,1-3,6-7H2;1-4,9H,5-8H2;1-2,6-8H,3-5H2;1-4,7H,5-6H2. The predicted molar refractivity (Wildman–Crippen MR) is 526 cm³/mol. The number of carbonyl (C=O) groups is 14. The molecule has 14 aliphatic rings. The zero-order valence-electron chi connectivity index (χ0n) is 80.8. The lowest BCUT2D eigenvalue weighted by molar-refractivity contribution is -0.0348. The molecule has 7 aromatic carbocycles. The maximum Gasteiger partial charge on any atom is 0.410 e. The summed E-state index contributed by atoms with van der Waals surface area (Å²) in [6.45, 7) is 14.0. The molecule has 40 heteroatoms. The van der Waals surface area contributed by atoms with Crippen molar-refractivity contribution in [2.24, 2.45) is 0 Å². The fourth-order valence-electron chi connectivity index (χ4n) is 20.7. The Morgan fingerprint density at radius 2 is 0.534 bits per heavy atom. The first-order valence-corrected chi connectivity index (χ1v) is 49.7. The zero-order chi connectivity index (χ0) is 102. The van der Waals surface area contributed by atoms with Gasteiger partial charge in [-0.1, -0.05) is 236 Å². The second-order valence-electron chi connectivity index (χ2n) is 39.2. The quantitative estimate of drug-likeness (QED) is 0.106. The van der Waals surface area contributed by atoms with Crippen LogP contribution in [0.15, 0.2) is 176 Å². The van der Waals surface area contributed by atoms with E-state index in [9.17, 15) is 67.1 Å². The molecule has 14 aromatic rings. The summed E-state index contributed by atoms with van der Waals surface area (Å²) in [4.78, 5) is 177. The Bertz CT molecular complexity index is 7660. The number of likely N-dealkylation sites (tertiary alicyclic amines) is 1. The predicted octanol–water partition coefficient (Wildman–Crippen LogP) is 14.9. The van der Waals surface area contributed by atoms with Gasteiger partial charge in [0, 0.05) is 110 Å². The van der Waals surface area contributed by atoms with Gasteiger partial charge in [0.15, 0.2) is 22.9 Å². The van der Waals surface area contributed by atoms with Crippen molar-refractivity contribution in [3.05, 3.63) is 255 Å². The summed E-state index contributed by atoms with van der Waals surface area (Å²) in [5.41, 5.74) is 14.2. The largest absolute Gasteiger partial charge is 0.444 e. The maximum atomic E-state index is 12.5. The molecule has 148 heavy (non-hydrogen) atoms. The van der Waals surface area contributed by atoms with E-state index >= 15 is 0 Å². The molecule has 40 nitrogen and oxygen atoms in total. The molecule has 0 unspecified atom stereocenters. The van der Waals surface area contributed by atoms with E-state index in [-0.39, 0.29) is 71.3 Å². The molecular formula is C108H96N22O18. The molecule has 7 aromatic heterocycles. The average Bonchev–Trinajstić information content (AvgIpc) is 1.56. The van der Waals surface area contributed by atoms with Crippen molar-refractivity contribution < 1.29 is 86.1 Å². The number of ketones is 13. The molecule has 0 spiro atoms. The van der Waals surface area contributed by atoms with E-state index in [1.807, 2.05) is 104 Å². The normalized spacial score (nSPS) is 18.0. The SMILES string of the molecule is C=C1C(=O)c2ccccc2-c2c1nnn2C1CCOCC1.CC(C)(C)OC(=O)N1CC(n2nc3c(n2)-c2ccccc2C(=O)C3=O)C1.O=C1C(=O)c2c(nnn2C2CCC2)-c2ccccc21.O=C1C(=O)c2c(nnn2C2CCCCC2)-c2ccccc21.O=C1C(=O)c2c(nnn2C2CCCCC2)-c2ccccc21.O=C1C(=O)c2nn(C3CCOCC3)nc2-c2ccccc21.O=C1C(=O)c2nn(C3COC3)nc2-c2ccccc21. The molecule has 1 amide bonds. The van der Waals surface area contributed by atoms with Gasteiger partial charge in [0.1, 0.15) is 74.6 Å². The molecule has 11 heterocycles. The number of aromatic nitrogens is 21. The first-order valence-electron chi connectivity index (χ1n) is 49.7. The Kier molecular flexibility index (Phi) is 25.7. The third-order valence-electron chi connectivity index (χ3n) is 28.8. The Labute approximate surface area is 842 Å². The van der Waals surface area contributed by atoms with Crippen molar-refractivity contribution in [3.63, 3.8) is 0 Å². The van der Waals surface area contributed by atoms with Gasteiger partial charge < -0.3 is 23.8 Å². The number of carbonyl (C=O) groups excluding carboxylic acids is 14. The Balaban J connectivity index is 0.0000000981. The Morgan fingerprint density at radius 1 is 0.270 bits per heavy atom. The van der Waals surface area contributed by atoms with Gasteiger partial charge in [-0.15, -0.1) is 35.7 Å². The summed E-state index contributed by atoms with van der Waals surface area (Å²) in [5, 5.41) is 59.5. The maximum absolute atomic E-state index is 12.5. The van der Waals surface area contributed by atoms with E-state index in [1.165, 1.54) is 22.4 Å². The summed E-state index contributed by atoms with van der Waals surface area (Å²) in [6, 6.07) is 50.7. The summed E-state index contributed by atoms with van der Waals surface area (Å²) >= 11 is 0. The van der Waals surface area contributed by atoms with Crippen molar-refractivity contribution in [2.45, 2.75) is 178 Å². The van der Waals surface area contributed by atoms with Gasteiger partial charge in [0.2, 0.25) is 34.7 Å². The number of rotatable bonds is 7. The second kappa shape index (κ2) is 39.6. The van der Waals surface area contributed by atoms with E-state index in [0.717, 1.165) is 132 Å². The average molecular weight is 1990 g/mol. The van der Waals surface area contributed by atoms with E-state index < -0.39 is 75.0 Å². The van der Waals surface area contributed by atoms with E-state index in [4.69, 9.17) is 18.9 Å². The summed E-state index contributed by atoms with van der Waals surface area (Å²) in [7, 11) is 0. The lowest BCUT2D eigenvalue weighted by Gasteiger charge is -2.38. The molecular weight excluding hydrogens is 1890 g/mol. The number of benzene rings is 7. The molecule has 10 aliphatic carbocycles. The van der Waals surface area contributed by atoms with Gasteiger partial charge in [-0.25, -0.2) is 23.5 Å². The lowest BCUT2D eigenvalue weighted by atomic mass is 9.88. The highest BCUT2D eigenvalue weighted by molar-refractivity contribution is 6.55. The first-order chi connectivity index (χ1) is 71.8. The fraction of sp³-hybridized carbons (Fsp3) is 0.333. The van der Waals surface area contributed by atoms with E-state index in [0.29, 0.717) is 163 Å². The van der Waals surface area contributed by atoms with Gasteiger partial charge in [-0.3, -0.25) is 62.3 Å². The monoisotopic (exact) mass is 1990 g/mol. The topological polar surface area (TPSA) is 494 Å². The van der Waals surface area contributed by atoms with Crippen molar-refractivity contribution >= 4 is 86.8 Å². The molecule has 0 atom stereocenters. The van der Waals surface area contributed by atoms with Crippen molar-refractivity contribution in [1.82, 2.24) is 110 Å². The van der Waals surface area contributed by atoms with Crippen LogP contribution >= 0.6 is 0 Å². The zero-order valence-corrected chi connectivity index (χ0v) is 80.8. The molecule has 746 valence electrons. The van der Waals surface area contributed by atoms with Gasteiger partial charge in [-0.2, -0.15) is 29.7 Å². The number of hydrogen-bond acceptors (Lipinski definition) is 32. The third-order valence-corrected chi connectivity index (χ3v) is 28.8. The number of allylic oxidation sites excluding steroid dienone is 1. The van der Waals surface area contributed by atoms with Crippen molar-refractivity contribution in [3.8, 4) is 78.8 Å². The molecule has 0 radical (unpaired) electrons. The number of fused-ring (bicyclic) bond motifs is 21. The Hall–Kier alpha value is -16.9. The highest BCUT2D eigenvalue weighted by atomic mass is 16.6. The smallest absolute Gasteiger partial charge is 0.410 e. The number of hydrogen-bond donors (Lipinski definition) is 0. The third kappa shape index (κ3) is 17.4. The van der Waals surface area contributed by atoms with Crippen LogP contribution in [0.5, 0.6) is 0 Å². The van der Waals surface area contributed by atoms with Crippen LogP contribution in [0.3, 0.4) is 0 Å². The molecule has 4 saturated heterocycles.